The monoisotopic (exact) mass is 535 g/mol. The highest BCUT2D eigenvalue weighted by molar-refractivity contribution is 8.18. The number of amides is 2. The molecule has 0 unspecified atom stereocenters. The van der Waals surface area contributed by atoms with Crippen molar-refractivity contribution in [2.45, 2.75) is 6.61 Å². The molecule has 1 aliphatic heterocycles. The van der Waals surface area contributed by atoms with Crippen LogP contribution in [0.2, 0.25) is 10.0 Å². The Morgan fingerprint density at radius 3 is 2.11 bits per heavy atom. The van der Waals surface area contributed by atoms with Crippen LogP contribution in [0.25, 0.3) is 6.08 Å². The first kappa shape index (κ1) is 25.0. The van der Waals surface area contributed by atoms with Crippen LogP contribution in [0, 0.1) is 11.6 Å². The number of benzene rings is 3. The molecule has 0 radical (unpaired) electrons. The first-order valence-electron chi connectivity index (χ1n) is 10.3. The largest absolute Gasteiger partial charge is 0.492 e. The molecule has 35 heavy (non-hydrogen) atoms. The summed E-state index contributed by atoms with van der Waals surface area (Å²) in [6.07, 6.45) is 1.52. The number of nitrogens with zero attached hydrogens (tertiary/aromatic N) is 1. The molecule has 1 aliphatic rings. The fourth-order valence-electron chi connectivity index (χ4n) is 3.17. The predicted octanol–water partition coefficient (Wildman–Crippen LogP) is 6.97. The number of rotatable bonds is 8. The van der Waals surface area contributed by atoms with Crippen molar-refractivity contribution in [3.05, 3.63) is 98.4 Å². The number of halogens is 4. The molecule has 3 aromatic carbocycles. The zero-order valence-electron chi connectivity index (χ0n) is 18.0. The summed E-state index contributed by atoms with van der Waals surface area (Å²) >= 11 is 13.5. The summed E-state index contributed by atoms with van der Waals surface area (Å²) in [6, 6.07) is 14.4. The molecular weight excluding hydrogens is 519 g/mol. The molecule has 10 heteroatoms. The van der Waals surface area contributed by atoms with Crippen molar-refractivity contribution in [2.24, 2.45) is 0 Å². The molecular formula is C25H17Cl2F2NO4S. The number of carbonyl (C=O) groups excluding carboxylic acids is 2. The van der Waals surface area contributed by atoms with Crippen molar-refractivity contribution in [1.82, 2.24) is 4.90 Å². The highest BCUT2D eigenvalue weighted by Crippen LogP contribution is 2.37. The standard InChI is InChI=1S/C25H17Cl2F2NO4S/c26-20-11-16(12-21(27)23(20)34-14-15-1-3-17(28)4-2-15)13-22-24(31)30(25(32)35-22)9-10-33-19-7-5-18(29)6-8-19/h1-8,11-13H,9-10,14H2/b22-13-. The Bertz CT molecular complexity index is 1260. The van der Waals surface area contributed by atoms with Gasteiger partial charge in [0.05, 0.1) is 21.5 Å². The maximum atomic E-state index is 13.1. The number of carbonyl (C=O) groups is 2. The minimum Gasteiger partial charge on any atom is -0.492 e. The molecule has 2 amide bonds. The van der Waals surface area contributed by atoms with Gasteiger partial charge in [0.25, 0.3) is 11.1 Å². The van der Waals surface area contributed by atoms with Crippen LogP contribution in [-0.4, -0.2) is 29.2 Å². The summed E-state index contributed by atoms with van der Waals surface area (Å²) in [7, 11) is 0. The fraction of sp³-hybridized carbons (Fsp3) is 0.120. The summed E-state index contributed by atoms with van der Waals surface area (Å²) in [6.45, 7) is 0.240. The molecule has 0 N–H and O–H groups in total. The molecule has 0 bridgehead atoms. The Morgan fingerprint density at radius 1 is 0.886 bits per heavy atom. The van der Waals surface area contributed by atoms with Crippen molar-refractivity contribution >= 4 is 52.2 Å². The van der Waals surface area contributed by atoms with Crippen LogP contribution < -0.4 is 9.47 Å². The normalized spacial score (nSPS) is 14.6. The molecule has 1 fully saturated rings. The molecule has 180 valence electrons. The first-order valence-corrected chi connectivity index (χ1v) is 11.9. The van der Waals surface area contributed by atoms with Gasteiger partial charge in [0.1, 0.15) is 30.6 Å². The van der Waals surface area contributed by atoms with Gasteiger partial charge in [0.2, 0.25) is 0 Å². The van der Waals surface area contributed by atoms with Crippen molar-refractivity contribution in [3.8, 4) is 11.5 Å². The second kappa shape index (κ2) is 11.1. The van der Waals surface area contributed by atoms with E-state index in [1.165, 1.54) is 42.5 Å². The van der Waals surface area contributed by atoms with Gasteiger partial charge in [-0.15, -0.1) is 0 Å². The van der Waals surface area contributed by atoms with Gasteiger partial charge >= 0.3 is 0 Å². The SMILES string of the molecule is O=C1S/C(=C\c2cc(Cl)c(OCc3ccc(F)cc3)c(Cl)c2)C(=O)N1CCOc1ccc(F)cc1. The minimum absolute atomic E-state index is 0.0387. The lowest BCUT2D eigenvalue weighted by Gasteiger charge is -2.13. The highest BCUT2D eigenvalue weighted by Gasteiger charge is 2.34. The number of thioether (sulfide) groups is 1. The van der Waals surface area contributed by atoms with Gasteiger partial charge in [-0.3, -0.25) is 14.5 Å². The Labute approximate surface area is 214 Å². The van der Waals surface area contributed by atoms with Crippen LogP contribution in [0.1, 0.15) is 11.1 Å². The number of ether oxygens (including phenoxy) is 2. The molecule has 0 aromatic heterocycles. The summed E-state index contributed by atoms with van der Waals surface area (Å²) in [4.78, 5) is 26.3. The molecule has 1 heterocycles. The van der Waals surface area contributed by atoms with Crippen LogP contribution in [0.5, 0.6) is 11.5 Å². The smallest absolute Gasteiger partial charge is 0.293 e. The van der Waals surface area contributed by atoms with E-state index in [0.29, 0.717) is 11.3 Å². The summed E-state index contributed by atoms with van der Waals surface area (Å²) in [5, 5.41) is 0.0102. The van der Waals surface area contributed by atoms with Crippen molar-refractivity contribution in [3.63, 3.8) is 0 Å². The fourth-order valence-corrected chi connectivity index (χ4v) is 4.64. The van der Waals surface area contributed by atoms with E-state index in [-0.39, 0.29) is 52.1 Å². The van der Waals surface area contributed by atoms with E-state index >= 15 is 0 Å². The average molecular weight is 536 g/mol. The quantitative estimate of drug-likeness (QED) is 0.291. The predicted molar refractivity (Wildman–Crippen MR) is 132 cm³/mol. The van der Waals surface area contributed by atoms with Crippen molar-refractivity contribution in [1.29, 1.82) is 0 Å². The van der Waals surface area contributed by atoms with E-state index in [9.17, 15) is 18.4 Å². The topological polar surface area (TPSA) is 55.8 Å². The minimum atomic E-state index is -0.466. The zero-order chi connectivity index (χ0) is 24.9. The van der Waals surface area contributed by atoms with Gasteiger partial charge in [0.15, 0.2) is 5.75 Å². The molecule has 3 aromatic rings. The third-order valence-corrected chi connectivity index (χ3v) is 6.35. The third kappa shape index (κ3) is 6.33. The molecule has 0 aliphatic carbocycles. The second-order valence-corrected chi connectivity index (χ2v) is 9.17. The summed E-state index contributed by atoms with van der Waals surface area (Å²) in [5.41, 5.74) is 1.25. The van der Waals surface area contributed by atoms with Gasteiger partial charge in [0, 0.05) is 0 Å². The average Bonchev–Trinajstić information content (AvgIpc) is 3.08. The number of hydrogen-bond acceptors (Lipinski definition) is 5. The van der Waals surface area contributed by atoms with Crippen molar-refractivity contribution < 1.29 is 27.8 Å². The van der Waals surface area contributed by atoms with Gasteiger partial charge in [-0.2, -0.15) is 0 Å². The van der Waals surface area contributed by atoms with Gasteiger partial charge in [-0.25, -0.2) is 8.78 Å². The maximum absolute atomic E-state index is 13.1. The Hall–Kier alpha value is -3.07. The van der Waals surface area contributed by atoms with Gasteiger partial charge < -0.3 is 9.47 Å². The van der Waals surface area contributed by atoms with Gasteiger partial charge in [-0.05, 0) is 77.5 Å². The lowest BCUT2D eigenvalue weighted by atomic mass is 10.2. The van der Waals surface area contributed by atoms with E-state index < -0.39 is 11.1 Å². The van der Waals surface area contributed by atoms with E-state index in [2.05, 4.69) is 0 Å². The molecule has 0 atom stereocenters. The second-order valence-electron chi connectivity index (χ2n) is 7.36. The van der Waals surface area contributed by atoms with Crippen LogP contribution in [0.15, 0.2) is 65.6 Å². The van der Waals surface area contributed by atoms with Crippen LogP contribution >= 0.6 is 35.0 Å². The van der Waals surface area contributed by atoms with E-state index in [1.54, 1.807) is 24.3 Å². The molecule has 0 spiro atoms. The lowest BCUT2D eigenvalue weighted by molar-refractivity contribution is -0.123. The van der Waals surface area contributed by atoms with Crippen molar-refractivity contribution in [2.75, 3.05) is 13.2 Å². The highest BCUT2D eigenvalue weighted by atomic mass is 35.5. The Morgan fingerprint density at radius 2 is 1.49 bits per heavy atom. The van der Waals surface area contributed by atoms with Crippen LogP contribution in [0.3, 0.4) is 0 Å². The van der Waals surface area contributed by atoms with E-state index in [1.807, 2.05) is 0 Å². The van der Waals surface area contributed by atoms with E-state index in [4.69, 9.17) is 32.7 Å². The zero-order valence-corrected chi connectivity index (χ0v) is 20.3. The lowest BCUT2D eigenvalue weighted by Crippen LogP contribution is -2.32. The Balaban J connectivity index is 1.40. The van der Waals surface area contributed by atoms with E-state index in [0.717, 1.165) is 22.2 Å². The molecule has 5 nitrogen and oxygen atoms in total. The van der Waals surface area contributed by atoms with Gasteiger partial charge in [-0.1, -0.05) is 35.3 Å². The number of hydrogen-bond donors (Lipinski definition) is 0. The van der Waals surface area contributed by atoms with Crippen LogP contribution in [0.4, 0.5) is 13.6 Å². The third-order valence-electron chi connectivity index (χ3n) is 4.89. The molecule has 1 saturated heterocycles. The molecule has 4 rings (SSSR count). The molecule has 0 saturated carbocycles. The summed E-state index contributed by atoms with van der Waals surface area (Å²) < 4.78 is 37.2. The first-order chi connectivity index (χ1) is 16.8. The maximum Gasteiger partial charge on any atom is 0.293 e. The Kier molecular flexibility index (Phi) is 7.95. The summed E-state index contributed by atoms with van der Waals surface area (Å²) in [5.74, 6) is -0.521. The number of imide groups is 1. The van der Waals surface area contributed by atoms with Crippen LogP contribution in [-0.2, 0) is 11.4 Å².